The number of nitrogens with two attached hydrogens (primary N) is 1. The van der Waals surface area contributed by atoms with E-state index in [1.54, 1.807) is 26.8 Å². The van der Waals surface area contributed by atoms with E-state index in [2.05, 4.69) is 5.32 Å². The number of rotatable bonds is 3. The first kappa shape index (κ1) is 13.1. The normalized spacial score (nSPS) is 11.1. The number of benzene rings is 1. The molecule has 0 spiro atoms. The van der Waals surface area contributed by atoms with Crippen LogP contribution < -0.4 is 11.1 Å². The van der Waals surface area contributed by atoms with Gasteiger partial charge in [0, 0.05) is 12.1 Å². The minimum absolute atomic E-state index is 0.0688. The standard InChI is InChI=1S/C11H15N3O3/c1-7-4-5-8(14(16)17)6-9(7)13-10(15)11(2,3)12/h4-6H,12H2,1-3H3,(H,13,15). The number of hydrogen-bond acceptors (Lipinski definition) is 4. The molecule has 0 aliphatic rings. The minimum Gasteiger partial charge on any atom is -0.324 e. The molecular weight excluding hydrogens is 222 g/mol. The number of hydrogen-bond donors (Lipinski definition) is 2. The molecule has 1 amide bonds. The third-order valence-corrected chi connectivity index (χ3v) is 2.27. The van der Waals surface area contributed by atoms with Gasteiger partial charge in [0.05, 0.1) is 16.1 Å². The van der Waals surface area contributed by atoms with Crippen LogP contribution in [-0.2, 0) is 4.79 Å². The zero-order chi connectivity index (χ0) is 13.2. The molecule has 6 nitrogen and oxygen atoms in total. The summed E-state index contributed by atoms with van der Waals surface area (Å²) in [5, 5.41) is 13.2. The van der Waals surface area contributed by atoms with Crippen molar-refractivity contribution in [3.63, 3.8) is 0 Å². The fraction of sp³-hybridized carbons (Fsp3) is 0.364. The van der Waals surface area contributed by atoms with Gasteiger partial charge in [0.15, 0.2) is 0 Å². The number of non-ortho nitro benzene ring substituents is 1. The highest BCUT2D eigenvalue weighted by Crippen LogP contribution is 2.22. The molecule has 0 bridgehead atoms. The molecule has 17 heavy (non-hydrogen) atoms. The average Bonchev–Trinajstić information content (AvgIpc) is 2.19. The molecule has 3 N–H and O–H groups in total. The van der Waals surface area contributed by atoms with Gasteiger partial charge in [0.2, 0.25) is 5.91 Å². The highest BCUT2D eigenvalue weighted by molar-refractivity contribution is 5.98. The van der Waals surface area contributed by atoms with Crippen molar-refractivity contribution in [3.05, 3.63) is 33.9 Å². The Hall–Kier alpha value is -1.95. The van der Waals surface area contributed by atoms with E-state index in [1.807, 2.05) is 0 Å². The number of anilines is 1. The second kappa shape index (κ2) is 4.50. The smallest absolute Gasteiger partial charge is 0.271 e. The molecule has 92 valence electrons. The molecular formula is C11H15N3O3. The summed E-state index contributed by atoms with van der Waals surface area (Å²) in [6.07, 6.45) is 0. The van der Waals surface area contributed by atoms with Gasteiger partial charge in [-0.25, -0.2) is 0 Å². The lowest BCUT2D eigenvalue weighted by Crippen LogP contribution is -2.45. The van der Waals surface area contributed by atoms with Crippen LogP contribution in [0.2, 0.25) is 0 Å². The maximum absolute atomic E-state index is 11.7. The van der Waals surface area contributed by atoms with E-state index in [0.29, 0.717) is 5.69 Å². The number of nitro groups is 1. The van der Waals surface area contributed by atoms with E-state index < -0.39 is 10.5 Å². The SMILES string of the molecule is Cc1ccc([N+](=O)[O-])cc1NC(=O)C(C)(C)N. The van der Waals surface area contributed by atoms with E-state index in [4.69, 9.17) is 5.73 Å². The Labute approximate surface area is 99.0 Å². The van der Waals surface area contributed by atoms with Gasteiger partial charge in [-0.3, -0.25) is 14.9 Å². The van der Waals surface area contributed by atoms with Gasteiger partial charge in [-0.15, -0.1) is 0 Å². The van der Waals surface area contributed by atoms with Crippen molar-refractivity contribution >= 4 is 17.3 Å². The second-order valence-corrected chi connectivity index (χ2v) is 4.43. The quantitative estimate of drug-likeness (QED) is 0.615. The fourth-order valence-corrected chi connectivity index (χ4v) is 1.14. The summed E-state index contributed by atoms with van der Waals surface area (Å²) in [6.45, 7) is 4.88. The van der Waals surface area contributed by atoms with Crippen LogP contribution in [0.15, 0.2) is 18.2 Å². The third kappa shape index (κ3) is 3.25. The zero-order valence-corrected chi connectivity index (χ0v) is 9.98. The van der Waals surface area contributed by atoms with Crippen molar-refractivity contribution < 1.29 is 9.72 Å². The van der Waals surface area contributed by atoms with Crippen molar-refractivity contribution in [1.29, 1.82) is 0 Å². The number of carbonyl (C=O) groups is 1. The first-order valence-electron chi connectivity index (χ1n) is 5.07. The van der Waals surface area contributed by atoms with Crippen molar-refractivity contribution in [2.45, 2.75) is 26.3 Å². The zero-order valence-electron chi connectivity index (χ0n) is 9.98. The Morgan fingerprint density at radius 3 is 2.53 bits per heavy atom. The largest absolute Gasteiger partial charge is 0.324 e. The molecule has 0 heterocycles. The summed E-state index contributed by atoms with van der Waals surface area (Å²) in [4.78, 5) is 21.8. The van der Waals surface area contributed by atoms with Gasteiger partial charge in [-0.2, -0.15) is 0 Å². The minimum atomic E-state index is -1.03. The van der Waals surface area contributed by atoms with Crippen LogP contribution in [0.1, 0.15) is 19.4 Å². The summed E-state index contributed by atoms with van der Waals surface area (Å²) in [6, 6.07) is 4.29. The first-order chi connectivity index (χ1) is 7.71. The molecule has 1 aromatic carbocycles. The van der Waals surface area contributed by atoms with Crippen LogP contribution in [0.4, 0.5) is 11.4 Å². The number of nitro benzene ring substituents is 1. The number of nitrogens with zero attached hydrogens (tertiary/aromatic N) is 1. The van der Waals surface area contributed by atoms with E-state index in [1.165, 1.54) is 12.1 Å². The van der Waals surface area contributed by atoms with Crippen LogP contribution in [0.5, 0.6) is 0 Å². The molecule has 0 aliphatic carbocycles. The number of carbonyl (C=O) groups excluding carboxylic acids is 1. The number of nitrogens with one attached hydrogen (secondary N) is 1. The first-order valence-corrected chi connectivity index (χ1v) is 5.07. The monoisotopic (exact) mass is 237 g/mol. The van der Waals surface area contributed by atoms with Crippen LogP contribution in [0, 0.1) is 17.0 Å². The van der Waals surface area contributed by atoms with Crippen LogP contribution in [0.25, 0.3) is 0 Å². The molecule has 0 fully saturated rings. The molecule has 1 aromatic rings. The van der Waals surface area contributed by atoms with Crippen LogP contribution in [0.3, 0.4) is 0 Å². The highest BCUT2D eigenvalue weighted by atomic mass is 16.6. The predicted octanol–water partition coefficient (Wildman–Crippen LogP) is 1.58. The molecule has 0 atom stereocenters. The Morgan fingerprint density at radius 2 is 2.06 bits per heavy atom. The third-order valence-electron chi connectivity index (χ3n) is 2.27. The van der Waals surface area contributed by atoms with Gasteiger partial charge in [0.25, 0.3) is 5.69 Å². The van der Waals surface area contributed by atoms with E-state index in [9.17, 15) is 14.9 Å². The number of amides is 1. The molecule has 0 aliphatic heterocycles. The Morgan fingerprint density at radius 1 is 1.47 bits per heavy atom. The molecule has 0 unspecified atom stereocenters. The number of aryl methyl sites for hydroxylation is 1. The second-order valence-electron chi connectivity index (χ2n) is 4.43. The van der Waals surface area contributed by atoms with Gasteiger partial charge in [-0.1, -0.05) is 6.07 Å². The molecule has 0 saturated carbocycles. The van der Waals surface area contributed by atoms with E-state index >= 15 is 0 Å². The molecule has 0 radical (unpaired) electrons. The molecule has 0 saturated heterocycles. The highest BCUT2D eigenvalue weighted by Gasteiger charge is 2.22. The lowest BCUT2D eigenvalue weighted by Gasteiger charge is -2.18. The van der Waals surface area contributed by atoms with Crippen molar-refractivity contribution in [2.24, 2.45) is 5.73 Å². The van der Waals surface area contributed by atoms with E-state index in [-0.39, 0.29) is 11.6 Å². The maximum Gasteiger partial charge on any atom is 0.271 e. The summed E-state index contributed by atoms with van der Waals surface area (Å²) in [5.41, 5.74) is 5.68. The molecule has 0 aromatic heterocycles. The molecule has 6 heteroatoms. The Balaban J connectivity index is 3.02. The summed E-state index contributed by atoms with van der Waals surface area (Å²) < 4.78 is 0. The van der Waals surface area contributed by atoms with Gasteiger partial charge in [0.1, 0.15) is 0 Å². The van der Waals surface area contributed by atoms with Gasteiger partial charge >= 0.3 is 0 Å². The lowest BCUT2D eigenvalue weighted by atomic mass is 10.1. The lowest BCUT2D eigenvalue weighted by molar-refractivity contribution is -0.384. The van der Waals surface area contributed by atoms with Crippen LogP contribution >= 0.6 is 0 Å². The van der Waals surface area contributed by atoms with Crippen molar-refractivity contribution in [1.82, 2.24) is 0 Å². The average molecular weight is 237 g/mol. The Kier molecular flexibility index (Phi) is 3.47. The van der Waals surface area contributed by atoms with Crippen molar-refractivity contribution in [3.8, 4) is 0 Å². The van der Waals surface area contributed by atoms with Crippen molar-refractivity contribution in [2.75, 3.05) is 5.32 Å². The van der Waals surface area contributed by atoms with E-state index in [0.717, 1.165) is 5.56 Å². The predicted molar refractivity (Wildman–Crippen MR) is 64.7 cm³/mol. The summed E-state index contributed by atoms with van der Waals surface area (Å²) >= 11 is 0. The maximum atomic E-state index is 11.7. The topological polar surface area (TPSA) is 98.3 Å². The van der Waals surface area contributed by atoms with Gasteiger partial charge < -0.3 is 11.1 Å². The summed E-state index contributed by atoms with van der Waals surface area (Å²) in [5.74, 6) is -0.388. The van der Waals surface area contributed by atoms with Crippen LogP contribution in [-0.4, -0.2) is 16.4 Å². The van der Waals surface area contributed by atoms with Gasteiger partial charge in [-0.05, 0) is 26.3 Å². The Bertz CT molecular complexity index is 464. The molecule has 1 rings (SSSR count). The summed E-state index contributed by atoms with van der Waals surface area (Å²) in [7, 11) is 0. The fourth-order valence-electron chi connectivity index (χ4n) is 1.14.